The molecule has 0 spiro atoms. The van der Waals surface area contributed by atoms with Gasteiger partial charge >= 0.3 is 0 Å². The number of benzene rings is 1. The molecule has 0 amide bonds. The molecule has 2 aromatic heterocycles. The van der Waals surface area contributed by atoms with E-state index in [9.17, 15) is 5.11 Å². The number of para-hydroxylation sites is 1. The first-order valence-corrected chi connectivity index (χ1v) is 6.34. The summed E-state index contributed by atoms with van der Waals surface area (Å²) in [6.45, 7) is 2.01. The quantitative estimate of drug-likeness (QED) is 0.742. The van der Waals surface area contributed by atoms with Crippen molar-refractivity contribution in [3.63, 3.8) is 0 Å². The van der Waals surface area contributed by atoms with E-state index in [0.29, 0.717) is 5.76 Å². The van der Waals surface area contributed by atoms with Gasteiger partial charge < -0.3 is 9.52 Å². The molecule has 1 unspecified atom stereocenters. The van der Waals surface area contributed by atoms with Gasteiger partial charge in [0.1, 0.15) is 17.4 Å². The Kier molecular flexibility index (Phi) is 2.50. The van der Waals surface area contributed by atoms with E-state index in [1.807, 2.05) is 48.7 Å². The number of aliphatic hydroxyl groups excluding tert-OH is 1. The molecule has 2 nitrogen and oxygen atoms in total. The molecule has 1 aromatic carbocycles. The van der Waals surface area contributed by atoms with Gasteiger partial charge in [0.15, 0.2) is 0 Å². The van der Waals surface area contributed by atoms with Gasteiger partial charge in [-0.2, -0.15) is 0 Å². The Morgan fingerprint density at radius 3 is 2.82 bits per heavy atom. The monoisotopic (exact) mass is 244 g/mol. The van der Waals surface area contributed by atoms with Crippen molar-refractivity contribution in [2.24, 2.45) is 0 Å². The second-order valence-electron chi connectivity index (χ2n) is 4.06. The maximum atomic E-state index is 10.2. The Morgan fingerprint density at radius 2 is 2.12 bits per heavy atom. The molecule has 1 atom stereocenters. The van der Waals surface area contributed by atoms with Crippen LogP contribution in [0.1, 0.15) is 22.3 Å². The molecule has 3 heteroatoms. The molecule has 3 rings (SSSR count). The number of furan rings is 1. The summed E-state index contributed by atoms with van der Waals surface area (Å²) in [6, 6.07) is 11.7. The van der Waals surface area contributed by atoms with Crippen molar-refractivity contribution in [2.45, 2.75) is 13.0 Å². The van der Waals surface area contributed by atoms with Crippen molar-refractivity contribution in [2.75, 3.05) is 0 Å². The smallest absolute Gasteiger partial charge is 0.146 e. The second-order valence-corrected chi connectivity index (χ2v) is 5.04. The average molecular weight is 244 g/mol. The number of fused-ring (bicyclic) bond motifs is 1. The minimum atomic E-state index is -0.665. The molecule has 3 aromatic rings. The van der Waals surface area contributed by atoms with E-state index in [0.717, 1.165) is 21.4 Å². The third kappa shape index (κ3) is 1.77. The summed E-state index contributed by atoms with van der Waals surface area (Å²) in [7, 11) is 0. The van der Waals surface area contributed by atoms with Gasteiger partial charge in [-0.3, -0.25) is 0 Å². The zero-order valence-electron chi connectivity index (χ0n) is 9.38. The zero-order valence-corrected chi connectivity index (χ0v) is 10.2. The first-order chi connectivity index (χ1) is 8.25. The van der Waals surface area contributed by atoms with E-state index >= 15 is 0 Å². The summed E-state index contributed by atoms with van der Waals surface area (Å²) in [5.41, 5.74) is 1.95. The lowest BCUT2D eigenvalue weighted by Gasteiger charge is -2.03. The fourth-order valence-electron chi connectivity index (χ4n) is 1.95. The molecule has 17 heavy (non-hydrogen) atoms. The van der Waals surface area contributed by atoms with Gasteiger partial charge in [-0.15, -0.1) is 11.3 Å². The summed E-state index contributed by atoms with van der Waals surface area (Å²) in [5.74, 6) is 0.608. The van der Waals surface area contributed by atoms with Gasteiger partial charge in [0.05, 0.1) is 0 Å². The molecule has 0 aliphatic rings. The summed E-state index contributed by atoms with van der Waals surface area (Å²) in [6.07, 6.45) is -0.665. The average Bonchev–Trinajstić information content (AvgIpc) is 2.98. The van der Waals surface area contributed by atoms with E-state index in [1.54, 1.807) is 0 Å². The molecule has 0 aliphatic heterocycles. The Bertz CT molecular complexity index is 637. The molecule has 0 aliphatic carbocycles. The fourth-order valence-corrected chi connectivity index (χ4v) is 2.67. The summed E-state index contributed by atoms with van der Waals surface area (Å²) < 4.78 is 5.74. The number of thiophene rings is 1. The second kappa shape index (κ2) is 4.02. The van der Waals surface area contributed by atoms with E-state index in [-0.39, 0.29) is 0 Å². The topological polar surface area (TPSA) is 33.4 Å². The van der Waals surface area contributed by atoms with Crippen LogP contribution in [0.2, 0.25) is 0 Å². The predicted molar refractivity (Wildman–Crippen MR) is 69.3 cm³/mol. The minimum absolute atomic E-state index is 0.608. The lowest BCUT2D eigenvalue weighted by molar-refractivity contribution is 0.196. The number of hydrogen-bond acceptors (Lipinski definition) is 3. The Labute approximate surface area is 103 Å². The van der Waals surface area contributed by atoms with Crippen LogP contribution < -0.4 is 0 Å². The maximum absolute atomic E-state index is 10.2. The molecule has 0 saturated carbocycles. The Hall–Kier alpha value is -1.58. The predicted octanol–water partition coefficient (Wildman–Crippen LogP) is 3.88. The van der Waals surface area contributed by atoms with Crippen molar-refractivity contribution in [1.82, 2.24) is 0 Å². The summed E-state index contributed by atoms with van der Waals surface area (Å²) in [4.78, 5) is 0.904. The Balaban J connectivity index is 2.10. The highest BCUT2D eigenvalue weighted by Crippen LogP contribution is 2.31. The first-order valence-electron chi connectivity index (χ1n) is 5.46. The summed E-state index contributed by atoms with van der Waals surface area (Å²) >= 11 is 1.53. The lowest BCUT2D eigenvalue weighted by atomic mass is 10.1. The lowest BCUT2D eigenvalue weighted by Crippen LogP contribution is -1.93. The van der Waals surface area contributed by atoms with Crippen LogP contribution in [-0.4, -0.2) is 5.11 Å². The molecule has 86 valence electrons. The van der Waals surface area contributed by atoms with Gasteiger partial charge in [0.2, 0.25) is 0 Å². The largest absolute Gasteiger partial charge is 0.458 e. The molecule has 0 bridgehead atoms. The van der Waals surface area contributed by atoms with Crippen LogP contribution in [0.25, 0.3) is 11.0 Å². The fraction of sp³-hybridized carbons (Fsp3) is 0.143. The molecule has 0 saturated heterocycles. The zero-order chi connectivity index (χ0) is 11.8. The van der Waals surface area contributed by atoms with Gasteiger partial charge in [-0.1, -0.05) is 24.3 Å². The third-order valence-corrected chi connectivity index (χ3v) is 3.77. The highest BCUT2D eigenvalue weighted by Gasteiger charge is 2.16. The number of rotatable bonds is 2. The van der Waals surface area contributed by atoms with Gasteiger partial charge in [0.25, 0.3) is 0 Å². The number of hydrogen-bond donors (Lipinski definition) is 1. The highest BCUT2D eigenvalue weighted by molar-refractivity contribution is 7.10. The van der Waals surface area contributed by atoms with Crippen LogP contribution in [0.3, 0.4) is 0 Å². The van der Waals surface area contributed by atoms with Crippen molar-refractivity contribution in [3.05, 3.63) is 58.0 Å². The third-order valence-electron chi connectivity index (χ3n) is 2.84. The molecular weight excluding hydrogens is 232 g/mol. The van der Waals surface area contributed by atoms with Gasteiger partial charge in [-0.25, -0.2) is 0 Å². The normalized spacial score (nSPS) is 13.1. The molecular formula is C14H12O2S. The van der Waals surface area contributed by atoms with Crippen molar-refractivity contribution >= 4 is 22.3 Å². The first kappa shape index (κ1) is 10.6. The van der Waals surface area contributed by atoms with Crippen molar-refractivity contribution in [3.8, 4) is 0 Å². The molecule has 1 N–H and O–H groups in total. The SMILES string of the molecule is Cc1cccc2cc(C(O)c3cccs3)oc12. The number of aryl methyl sites for hydroxylation is 1. The molecule has 0 radical (unpaired) electrons. The van der Waals surface area contributed by atoms with Crippen LogP contribution >= 0.6 is 11.3 Å². The van der Waals surface area contributed by atoms with Gasteiger partial charge in [-0.05, 0) is 30.0 Å². The van der Waals surface area contributed by atoms with Crippen LogP contribution in [0.15, 0.2) is 46.2 Å². The maximum Gasteiger partial charge on any atom is 0.146 e. The van der Waals surface area contributed by atoms with E-state index in [1.165, 1.54) is 11.3 Å². The van der Waals surface area contributed by atoms with Crippen LogP contribution in [-0.2, 0) is 0 Å². The molecule has 2 heterocycles. The van der Waals surface area contributed by atoms with Crippen LogP contribution in [0.4, 0.5) is 0 Å². The van der Waals surface area contributed by atoms with Crippen molar-refractivity contribution < 1.29 is 9.52 Å². The van der Waals surface area contributed by atoms with E-state index in [2.05, 4.69) is 0 Å². The summed E-state index contributed by atoms with van der Waals surface area (Å²) in [5, 5.41) is 13.2. The minimum Gasteiger partial charge on any atom is -0.458 e. The van der Waals surface area contributed by atoms with Gasteiger partial charge in [0, 0.05) is 10.3 Å². The Morgan fingerprint density at radius 1 is 1.24 bits per heavy atom. The number of aliphatic hydroxyl groups is 1. The van der Waals surface area contributed by atoms with E-state index < -0.39 is 6.10 Å². The highest BCUT2D eigenvalue weighted by atomic mass is 32.1. The molecule has 0 fully saturated rings. The van der Waals surface area contributed by atoms with Crippen LogP contribution in [0, 0.1) is 6.92 Å². The standard InChI is InChI=1S/C14H12O2S/c1-9-4-2-5-10-8-11(16-14(9)10)13(15)12-6-3-7-17-12/h2-8,13,15H,1H3. The van der Waals surface area contributed by atoms with Crippen LogP contribution in [0.5, 0.6) is 0 Å². The van der Waals surface area contributed by atoms with E-state index in [4.69, 9.17) is 4.42 Å². The van der Waals surface area contributed by atoms with Crippen molar-refractivity contribution in [1.29, 1.82) is 0 Å².